The van der Waals surface area contributed by atoms with E-state index in [1.54, 1.807) is 0 Å². The van der Waals surface area contributed by atoms with E-state index in [9.17, 15) is 0 Å². The lowest BCUT2D eigenvalue weighted by molar-refractivity contribution is 0.810. The van der Waals surface area contributed by atoms with E-state index in [-0.39, 0.29) is 5.92 Å². The molecule has 0 aliphatic heterocycles. The fourth-order valence-electron chi connectivity index (χ4n) is 7.01. The first-order valence-electron chi connectivity index (χ1n) is 16.4. The van der Waals surface area contributed by atoms with Crippen molar-refractivity contribution in [2.45, 2.75) is 12.3 Å². The van der Waals surface area contributed by atoms with Crippen LogP contribution in [0.5, 0.6) is 0 Å². The molecular formula is C46H35N. The molecular weight excluding hydrogens is 567 g/mol. The maximum absolute atomic E-state index is 2.42. The molecule has 0 fully saturated rings. The van der Waals surface area contributed by atoms with Crippen molar-refractivity contribution in [3.05, 3.63) is 211 Å². The van der Waals surface area contributed by atoms with Gasteiger partial charge in [-0.15, -0.1) is 0 Å². The molecule has 0 aromatic heterocycles. The Morgan fingerprint density at radius 3 is 1.57 bits per heavy atom. The summed E-state index contributed by atoms with van der Waals surface area (Å²) in [6.07, 6.45) is 0.870. The van der Waals surface area contributed by atoms with Gasteiger partial charge in [0.05, 0.1) is 5.69 Å². The van der Waals surface area contributed by atoms with Crippen LogP contribution in [0, 0.1) is 0 Å². The Bertz CT molecular complexity index is 2200. The molecule has 8 aromatic rings. The van der Waals surface area contributed by atoms with Crippen molar-refractivity contribution in [2.24, 2.45) is 0 Å². The molecule has 0 aliphatic carbocycles. The van der Waals surface area contributed by atoms with Crippen LogP contribution in [0.1, 0.15) is 22.6 Å². The quantitative estimate of drug-likeness (QED) is 0.157. The summed E-state index contributed by atoms with van der Waals surface area (Å²) < 4.78 is 0. The molecule has 47 heavy (non-hydrogen) atoms. The van der Waals surface area contributed by atoms with Crippen LogP contribution in [0.25, 0.3) is 32.7 Å². The molecule has 0 radical (unpaired) electrons. The van der Waals surface area contributed by atoms with Gasteiger partial charge in [-0.3, -0.25) is 0 Å². The van der Waals surface area contributed by atoms with E-state index < -0.39 is 0 Å². The maximum Gasteiger partial charge on any atom is 0.0549 e. The SMILES string of the molecule is c1ccc(-c2ccc(C(Cc3cccc4c3c(N(c3ccccc3)c3ccccc3)cc3ccccc34)c3ccccc3)cc2)cc1. The minimum atomic E-state index is 0.188. The van der Waals surface area contributed by atoms with Crippen molar-refractivity contribution in [2.75, 3.05) is 4.90 Å². The third kappa shape index (κ3) is 5.69. The number of anilines is 3. The molecule has 1 unspecified atom stereocenters. The molecule has 0 saturated carbocycles. The average molecular weight is 602 g/mol. The number of para-hydroxylation sites is 2. The topological polar surface area (TPSA) is 3.24 Å². The summed E-state index contributed by atoms with van der Waals surface area (Å²) in [5.41, 5.74) is 9.92. The summed E-state index contributed by atoms with van der Waals surface area (Å²) in [5.74, 6) is 0.188. The maximum atomic E-state index is 2.42. The summed E-state index contributed by atoms with van der Waals surface area (Å²) in [7, 11) is 0. The standard InChI is InChI=1S/C46H35N/c1-5-16-34(17-6-1)35-28-30-37(31-29-35)44(36-18-7-2-8-19-36)32-39-21-15-27-43-42-26-14-13-20-38(42)33-45(46(39)43)47(40-22-9-3-10-23-40)41-24-11-4-12-25-41/h1-31,33,44H,32H2. The van der Waals surface area contributed by atoms with Crippen molar-refractivity contribution in [3.63, 3.8) is 0 Å². The summed E-state index contributed by atoms with van der Waals surface area (Å²) in [4.78, 5) is 2.42. The second kappa shape index (κ2) is 12.8. The summed E-state index contributed by atoms with van der Waals surface area (Å²) in [6.45, 7) is 0. The number of benzene rings is 8. The highest BCUT2D eigenvalue weighted by Gasteiger charge is 2.22. The van der Waals surface area contributed by atoms with Crippen LogP contribution in [-0.4, -0.2) is 0 Å². The smallest absolute Gasteiger partial charge is 0.0549 e. The Morgan fingerprint density at radius 1 is 0.404 bits per heavy atom. The lowest BCUT2D eigenvalue weighted by Gasteiger charge is -2.29. The van der Waals surface area contributed by atoms with Crippen LogP contribution >= 0.6 is 0 Å². The van der Waals surface area contributed by atoms with E-state index >= 15 is 0 Å². The molecule has 0 bridgehead atoms. The average Bonchev–Trinajstić information content (AvgIpc) is 3.15. The first-order chi connectivity index (χ1) is 23.3. The zero-order chi connectivity index (χ0) is 31.4. The van der Waals surface area contributed by atoms with Crippen LogP contribution in [0.3, 0.4) is 0 Å². The molecule has 0 aliphatic rings. The molecule has 8 rings (SSSR count). The monoisotopic (exact) mass is 601 g/mol. The van der Waals surface area contributed by atoms with Crippen molar-refractivity contribution in [1.29, 1.82) is 0 Å². The van der Waals surface area contributed by atoms with E-state index in [1.165, 1.54) is 55.0 Å². The zero-order valence-corrected chi connectivity index (χ0v) is 26.2. The van der Waals surface area contributed by atoms with Gasteiger partial charge in [0.1, 0.15) is 0 Å². The number of fused-ring (bicyclic) bond motifs is 3. The van der Waals surface area contributed by atoms with Gasteiger partial charge in [0.2, 0.25) is 0 Å². The Labute approximate surface area is 277 Å². The highest BCUT2D eigenvalue weighted by molar-refractivity contribution is 6.15. The molecule has 0 spiro atoms. The first-order valence-corrected chi connectivity index (χ1v) is 16.4. The van der Waals surface area contributed by atoms with Gasteiger partial charge >= 0.3 is 0 Å². The minimum Gasteiger partial charge on any atom is -0.310 e. The van der Waals surface area contributed by atoms with Gasteiger partial charge in [-0.2, -0.15) is 0 Å². The number of hydrogen-bond donors (Lipinski definition) is 0. The van der Waals surface area contributed by atoms with E-state index in [0.717, 1.165) is 17.8 Å². The van der Waals surface area contributed by atoms with Gasteiger partial charge < -0.3 is 4.90 Å². The van der Waals surface area contributed by atoms with Crippen molar-refractivity contribution >= 4 is 38.6 Å². The number of nitrogens with zero attached hydrogens (tertiary/aromatic N) is 1. The van der Waals surface area contributed by atoms with Crippen LogP contribution in [0.2, 0.25) is 0 Å². The minimum absolute atomic E-state index is 0.188. The van der Waals surface area contributed by atoms with Crippen LogP contribution < -0.4 is 4.90 Å². The van der Waals surface area contributed by atoms with Crippen LogP contribution in [0.15, 0.2) is 194 Å². The molecule has 0 saturated heterocycles. The molecule has 1 nitrogen and oxygen atoms in total. The van der Waals surface area contributed by atoms with Crippen molar-refractivity contribution < 1.29 is 0 Å². The zero-order valence-electron chi connectivity index (χ0n) is 26.2. The predicted molar refractivity (Wildman–Crippen MR) is 200 cm³/mol. The van der Waals surface area contributed by atoms with Crippen LogP contribution in [-0.2, 0) is 6.42 Å². The molecule has 0 heterocycles. The van der Waals surface area contributed by atoms with Gasteiger partial charge in [0.15, 0.2) is 0 Å². The van der Waals surface area contributed by atoms with Gasteiger partial charge in [-0.1, -0.05) is 164 Å². The summed E-state index contributed by atoms with van der Waals surface area (Å²) in [5, 5.41) is 5.08. The van der Waals surface area contributed by atoms with E-state index in [0.29, 0.717) is 0 Å². The van der Waals surface area contributed by atoms with E-state index in [4.69, 9.17) is 0 Å². The molecule has 224 valence electrons. The fourth-order valence-corrected chi connectivity index (χ4v) is 7.01. The third-order valence-corrected chi connectivity index (χ3v) is 9.27. The van der Waals surface area contributed by atoms with Crippen LogP contribution in [0.4, 0.5) is 17.1 Å². The fraction of sp³-hybridized carbons (Fsp3) is 0.0435. The highest BCUT2D eigenvalue weighted by Crippen LogP contribution is 2.44. The lowest BCUT2D eigenvalue weighted by atomic mass is 9.83. The summed E-state index contributed by atoms with van der Waals surface area (Å²) in [6, 6.07) is 70.4. The summed E-state index contributed by atoms with van der Waals surface area (Å²) >= 11 is 0. The molecule has 1 heteroatoms. The predicted octanol–water partition coefficient (Wildman–Crippen LogP) is 12.5. The highest BCUT2D eigenvalue weighted by atomic mass is 15.1. The normalized spacial score (nSPS) is 11.8. The molecule has 1 atom stereocenters. The largest absolute Gasteiger partial charge is 0.310 e. The van der Waals surface area contributed by atoms with Crippen molar-refractivity contribution in [3.8, 4) is 11.1 Å². The molecule has 0 N–H and O–H groups in total. The van der Waals surface area contributed by atoms with E-state index in [2.05, 4.69) is 199 Å². The first kappa shape index (κ1) is 28.5. The number of rotatable bonds is 8. The molecule has 0 amide bonds. The van der Waals surface area contributed by atoms with Gasteiger partial charge in [-0.05, 0) is 80.7 Å². The van der Waals surface area contributed by atoms with Gasteiger partial charge in [0.25, 0.3) is 0 Å². The van der Waals surface area contributed by atoms with Gasteiger partial charge in [0, 0.05) is 22.7 Å². The Kier molecular flexibility index (Phi) is 7.79. The second-order valence-electron chi connectivity index (χ2n) is 12.1. The third-order valence-electron chi connectivity index (χ3n) is 9.27. The Morgan fingerprint density at radius 2 is 0.915 bits per heavy atom. The molecule has 8 aromatic carbocycles. The van der Waals surface area contributed by atoms with Gasteiger partial charge in [-0.25, -0.2) is 0 Å². The lowest BCUT2D eigenvalue weighted by Crippen LogP contribution is -2.12. The number of hydrogen-bond acceptors (Lipinski definition) is 1. The Hall–Kier alpha value is -5.92. The Balaban J connectivity index is 1.33. The second-order valence-corrected chi connectivity index (χ2v) is 12.1. The van der Waals surface area contributed by atoms with E-state index in [1.807, 2.05) is 0 Å². The van der Waals surface area contributed by atoms with Crippen molar-refractivity contribution in [1.82, 2.24) is 0 Å².